The van der Waals surface area contributed by atoms with Crippen LogP contribution in [0.15, 0.2) is 60.7 Å². The molecule has 0 aliphatic heterocycles. The van der Waals surface area contributed by atoms with Crippen molar-refractivity contribution in [3.05, 3.63) is 71.8 Å². The van der Waals surface area contributed by atoms with Crippen molar-refractivity contribution in [2.24, 2.45) is 0 Å². The van der Waals surface area contributed by atoms with Gasteiger partial charge in [0.05, 0.1) is 0 Å². The summed E-state index contributed by atoms with van der Waals surface area (Å²) in [4.78, 5) is 0. The van der Waals surface area contributed by atoms with Crippen molar-refractivity contribution in [1.29, 1.82) is 0 Å². The quantitative estimate of drug-likeness (QED) is 0.0690. The molecule has 0 aliphatic carbocycles. The summed E-state index contributed by atoms with van der Waals surface area (Å²) >= 11 is -2.95. The number of unbranched alkanes of at least 4 members (excludes halogenated alkanes) is 6. The van der Waals surface area contributed by atoms with Gasteiger partial charge in [-0.2, -0.15) is 0 Å². The average molecular weight is 1060 g/mol. The molecule has 0 N–H and O–H groups in total. The van der Waals surface area contributed by atoms with Crippen LogP contribution in [0.3, 0.4) is 0 Å². The predicted molar refractivity (Wildman–Crippen MR) is 243 cm³/mol. The van der Waals surface area contributed by atoms with Crippen LogP contribution in [-0.2, 0) is 8.85 Å². The van der Waals surface area contributed by atoms with Crippen LogP contribution in [0, 0.1) is 0 Å². The summed E-state index contributed by atoms with van der Waals surface area (Å²) in [5.41, 5.74) is 2.92. The number of rotatable bonds is 26. The van der Waals surface area contributed by atoms with Gasteiger partial charge in [-0.05, 0) is 0 Å². The molecule has 2 atom stereocenters. The Hall–Kier alpha value is 1.19. The van der Waals surface area contributed by atoms with Crippen molar-refractivity contribution >= 4 is 77.3 Å². The van der Waals surface area contributed by atoms with Gasteiger partial charge in [0.15, 0.2) is 0 Å². The number of hydrogen-bond donors (Lipinski definition) is 0. The first-order chi connectivity index (χ1) is 24.4. The van der Waals surface area contributed by atoms with E-state index in [1.807, 2.05) is 0 Å². The Kier molecular flexibility index (Phi) is 34.1. The molecule has 7 heteroatoms. The number of hydrogen-bond acceptors (Lipinski definition) is 2. The Morgan fingerprint density at radius 2 is 0.725 bits per heavy atom. The molecule has 0 saturated carbocycles. The van der Waals surface area contributed by atoms with Crippen molar-refractivity contribution in [1.82, 2.24) is 0 Å². The molecule has 4 radical (unpaired) electrons. The van der Waals surface area contributed by atoms with Gasteiger partial charge in [0.25, 0.3) is 0 Å². The summed E-state index contributed by atoms with van der Waals surface area (Å²) in [5.74, 6) is 0. The molecular formula is C44H84O2Si2Sn3. The van der Waals surface area contributed by atoms with Gasteiger partial charge in [0.1, 0.15) is 0 Å². The van der Waals surface area contributed by atoms with Crippen molar-refractivity contribution in [2.45, 2.75) is 193 Å². The Morgan fingerprint density at radius 3 is 0.961 bits per heavy atom. The van der Waals surface area contributed by atoms with Crippen molar-refractivity contribution in [3.63, 3.8) is 0 Å². The van der Waals surface area contributed by atoms with Crippen LogP contribution >= 0.6 is 0 Å². The normalized spacial score (nSPS) is 13.0. The molecule has 2 aromatic carbocycles. The minimum absolute atomic E-state index is 0.149. The third kappa shape index (κ3) is 29.1. The monoisotopic (exact) mass is 1060 g/mol. The van der Waals surface area contributed by atoms with E-state index in [0.717, 1.165) is 0 Å². The van der Waals surface area contributed by atoms with Crippen LogP contribution < -0.4 is 0 Å². The zero-order valence-electron chi connectivity index (χ0n) is 36.0. The SMILES string of the molecule is CCC[CH2][Sn]([CH2]CCC)[CH](O[Si](C)(C)C)c1ccccc1.CCC[CH2][Sn]([CH2]CCC)[CH](O[Si](C)(C)C)c1ccccc1.CCC[CH2][Sn][CH2]CCC. The summed E-state index contributed by atoms with van der Waals surface area (Å²) in [7, 11) is -2.99. The standard InChI is InChI=1S/2C10H15OSi.6C4H9.3Sn/c2*1-12(2,3)11-9-10-7-5-4-6-8-10;6*1-3-4-2;;;/h2*4-9H,1-3H3;6*1,3-4H2,2H3;;;. The molecule has 0 saturated heterocycles. The van der Waals surface area contributed by atoms with Gasteiger partial charge in [-0.3, -0.25) is 0 Å². The first kappa shape index (κ1) is 52.2. The molecule has 0 aromatic heterocycles. The van der Waals surface area contributed by atoms with E-state index in [2.05, 4.69) is 141 Å². The van der Waals surface area contributed by atoms with Gasteiger partial charge in [-0.25, -0.2) is 0 Å². The molecule has 2 unspecified atom stereocenters. The fourth-order valence-electron chi connectivity index (χ4n) is 5.86. The van der Waals surface area contributed by atoms with Gasteiger partial charge < -0.3 is 0 Å². The van der Waals surface area contributed by atoms with Crippen LogP contribution in [-0.4, -0.2) is 77.3 Å². The molecule has 0 aliphatic rings. The Morgan fingerprint density at radius 1 is 0.451 bits per heavy atom. The molecular weight excluding hydrogens is 973 g/mol. The molecule has 2 aromatic rings. The zero-order chi connectivity index (χ0) is 38.4. The van der Waals surface area contributed by atoms with E-state index in [9.17, 15) is 0 Å². The van der Waals surface area contributed by atoms with Crippen molar-refractivity contribution in [2.75, 3.05) is 0 Å². The molecule has 0 heterocycles. The molecule has 0 bridgehead atoms. The topological polar surface area (TPSA) is 18.5 Å². The average Bonchev–Trinajstić information content (AvgIpc) is 3.10. The van der Waals surface area contributed by atoms with Gasteiger partial charge in [-0.1, -0.05) is 0 Å². The minimum atomic E-state index is -1.55. The van der Waals surface area contributed by atoms with E-state index in [-0.39, 0.29) is 21.1 Å². The molecule has 292 valence electrons. The third-order valence-electron chi connectivity index (χ3n) is 8.71. The first-order valence-corrected chi connectivity index (χ1v) is 43.4. The fraction of sp³-hybridized carbons (Fsp3) is 0.727. The Bertz CT molecular complexity index is 917. The molecule has 2 rings (SSSR count). The van der Waals surface area contributed by atoms with E-state index in [4.69, 9.17) is 8.85 Å². The van der Waals surface area contributed by atoms with Crippen molar-refractivity contribution in [3.8, 4) is 0 Å². The van der Waals surface area contributed by atoms with Crippen LogP contribution in [0.4, 0.5) is 0 Å². The summed E-state index contributed by atoms with van der Waals surface area (Å²) in [6, 6.07) is 22.1. The van der Waals surface area contributed by atoms with Crippen LogP contribution in [0.25, 0.3) is 0 Å². The molecule has 0 spiro atoms. The second-order valence-electron chi connectivity index (χ2n) is 16.2. The molecule has 51 heavy (non-hydrogen) atoms. The summed E-state index contributed by atoms with van der Waals surface area (Å²) in [5, 5.41) is 0. The van der Waals surface area contributed by atoms with E-state index in [1.165, 1.54) is 106 Å². The van der Waals surface area contributed by atoms with E-state index in [1.54, 1.807) is 8.87 Å². The summed E-state index contributed by atoms with van der Waals surface area (Å²) in [6.07, 6.45) is 16.7. The molecule has 0 amide bonds. The summed E-state index contributed by atoms with van der Waals surface area (Å²) in [6.45, 7) is 27.9. The van der Waals surface area contributed by atoms with Gasteiger partial charge in [0, 0.05) is 0 Å². The van der Waals surface area contributed by atoms with Crippen LogP contribution in [0.1, 0.15) is 138 Å². The third-order valence-corrected chi connectivity index (χ3v) is 34.2. The summed E-state index contributed by atoms with van der Waals surface area (Å²) < 4.78 is 23.6. The second kappa shape index (κ2) is 33.3. The molecule has 2 nitrogen and oxygen atoms in total. The van der Waals surface area contributed by atoms with Gasteiger partial charge in [-0.15, -0.1) is 0 Å². The predicted octanol–water partition coefficient (Wildman–Crippen LogP) is 15.6. The maximum absolute atomic E-state index is 6.71. The Balaban J connectivity index is 0.000000795. The Labute approximate surface area is 347 Å². The molecule has 0 fully saturated rings. The van der Waals surface area contributed by atoms with E-state index >= 15 is 0 Å². The first-order valence-electron chi connectivity index (χ1n) is 21.2. The van der Waals surface area contributed by atoms with Crippen LogP contribution in [0.2, 0.25) is 65.9 Å². The van der Waals surface area contributed by atoms with Crippen molar-refractivity contribution < 1.29 is 8.85 Å². The second-order valence-corrected chi connectivity index (χ2v) is 45.6. The van der Waals surface area contributed by atoms with Crippen LogP contribution in [0.5, 0.6) is 0 Å². The van der Waals surface area contributed by atoms with E-state index < -0.39 is 56.2 Å². The fourth-order valence-corrected chi connectivity index (χ4v) is 38.4. The zero-order valence-corrected chi connectivity index (χ0v) is 46.5. The van der Waals surface area contributed by atoms with E-state index in [0.29, 0.717) is 8.24 Å². The van der Waals surface area contributed by atoms with Gasteiger partial charge in [0.2, 0.25) is 0 Å². The van der Waals surface area contributed by atoms with Gasteiger partial charge >= 0.3 is 351 Å². The maximum atomic E-state index is 6.71. The number of benzene rings is 2.